The van der Waals surface area contributed by atoms with Gasteiger partial charge in [-0.05, 0) is 62.2 Å². The molecule has 0 saturated heterocycles. The van der Waals surface area contributed by atoms with Gasteiger partial charge in [0.1, 0.15) is 0 Å². The average molecular weight is 296 g/mol. The molecule has 4 N–H and O–H groups in total. The van der Waals surface area contributed by atoms with Gasteiger partial charge in [-0.2, -0.15) is 0 Å². The molecule has 2 rings (SSSR count). The molecule has 4 atom stereocenters. The van der Waals surface area contributed by atoms with Crippen LogP contribution in [0.4, 0.5) is 0 Å². The Morgan fingerprint density at radius 1 is 1.33 bits per heavy atom. The van der Waals surface area contributed by atoms with Gasteiger partial charge < -0.3 is 16.2 Å². The van der Waals surface area contributed by atoms with Gasteiger partial charge >= 0.3 is 0 Å². The van der Waals surface area contributed by atoms with E-state index in [0.29, 0.717) is 23.4 Å². The van der Waals surface area contributed by atoms with Gasteiger partial charge in [0.25, 0.3) is 0 Å². The van der Waals surface area contributed by atoms with Crippen LogP contribution in [0, 0.1) is 16.7 Å². The summed E-state index contributed by atoms with van der Waals surface area (Å²) in [6.45, 7) is 9.67. The first-order valence-electron chi connectivity index (χ1n) is 8.32. The van der Waals surface area contributed by atoms with Gasteiger partial charge in [0.05, 0.1) is 11.6 Å². The number of carbonyl (C=O) groups excluding carboxylic acids is 1. The molecule has 0 aliphatic heterocycles. The van der Waals surface area contributed by atoms with Crippen LogP contribution < -0.4 is 11.5 Å². The van der Waals surface area contributed by atoms with Crippen molar-refractivity contribution >= 4 is 5.91 Å². The number of hydrogen-bond acceptors (Lipinski definition) is 3. The van der Waals surface area contributed by atoms with Crippen molar-refractivity contribution in [1.29, 1.82) is 0 Å². The molecule has 2 aliphatic carbocycles. The van der Waals surface area contributed by atoms with Gasteiger partial charge in [-0.3, -0.25) is 4.79 Å². The summed E-state index contributed by atoms with van der Waals surface area (Å²) in [5.74, 6) is 0.389. The second kappa shape index (κ2) is 5.54. The van der Waals surface area contributed by atoms with Crippen LogP contribution in [-0.4, -0.2) is 24.2 Å². The topological polar surface area (TPSA) is 78.3 Å². The lowest BCUT2D eigenvalue weighted by Crippen LogP contribution is -2.49. The number of rotatable bonds is 7. The summed E-state index contributed by atoms with van der Waals surface area (Å²) in [4.78, 5) is 11.2. The van der Waals surface area contributed by atoms with Crippen LogP contribution >= 0.6 is 0 Å². The lowest BCUT2D eigenvalue weighted by atomic mass is 9.70. The predicted molar refractivity (Wildman–Crippen MR) is 84.6 cm³/mol. The van der Waals surface area contributed by atoms with E-state index in [4.69, 9.17) is 16.2 Å². The summed E-state index contributed by atoms with van der Waals surface area (Å²) in [5, 5.41) is 0. The van der Waals surface area contributed by atoms with Crippen molar-refractivity contribution in [3.8, 4) is 0 Å². The molecule has 4 heteroatoms. The molecule has 1 amide bonds. The number of primary amides is 1. The van der Waals surface area contributed by atoms with Crippen LogP contribution in [0.15, 0.2) is 0 Å². The first kappa shape index (κ1) is 16.8. The van der Waals surface area contributed by atoms with E-state index >= 15 is 0 Å². The van der Waals surface area contributed by atoms with Crippen LogP contribution in [-0.2, 0) is 9.53 Å². The molecular weight excluding hydrogens is 264 g/mol. The Bertz CT molecular complexity index is 406. The van der Waals surface area contributed by atoms with Gasteiger partial charge in [-0.1, -0.05) is 20.8 Å². The van der Waals surface area contributed by atoms with Gasteiger partial charge in [-0.15, -0.1) is 0 Å². The zero-order valence-electron chi connectivity index (χ0n) is 14.1. The molecule has 4 nitrogen and oxygen atoms in total. The zero-order chi connectivity index (χ0) is 15.9. The van der Waals surface area contributed by atoms with Crippen molar-refractivity contribution in [3.05, 3.63) is 0 Å². The molecular formula is C17H32N2O2. The smallest absolute Gasteiger partial charge is 0.237 e. The number of hydrogen-bond donors (Lipinski definition) is 2. The molecule has 4 unspecified atom stereocenters. The highest BCUT2D eigenvalue weighted by Gasteiger charge is 2.61. The van der Waals surface area contributed by atoms with E-state index in [-0.39, 0.29) is 0 Å². The fourth-order valence-electron chi connectivity index (χ4n) is 4.33. The quantitative estimate of drug-likeness (QED) is 0.709. The minimum atomic E-state index is -0.888. The van der Waals surface area contributed by atoms with Crippen molar-refractivity contribution in [2.24, 2.45) is 28.2 Å². The fourth-order valence-corrected chi connectivity index (χ4v) is 4.33. The normalized spacial score (nSPS) is 36.6. The molecule has 0 heterocycles. The molecule has 2 fully saturated rings. The summed E-state index contributed by atoms with van der Waals surface area (Å²) in [7, 11) is 0. The Hall–Kier alpha value is -0.610. The Balaban J connectivity index is 1.73. The number of nitrogens with two attached hydrogens (primary N) is 2. The summed E-state index contributed by atoms with van der Waals surface area (Å²) < 4.78 is 6.19. The van der Waals surface area contributed by atoms with E-state index in [0.717, 1.165) is 25.4 Å². The molecule has 0 aromatic heterocycles. The highest BCUT2D eigenvalue weighted by Crippen LogP contribution is 2.66. The van der Waals surface area contributed by atoms with E-state index < -0.39 is 11.4 Å². The molecule has 122 valence electrons. The second-order valence-corrected chi connectivity index (χ2v) is 8.21. The van der Waals surface area contributed by atoms with Gasteiger partial charge in [0.15, 0.2) is 0 Å². The van der Waals surface area contributed by atoms with Crippen molar-refractivity contribution in [2.75, 3.05) is 6.61 Å². The third-order valence-corrected chi connectivity index (χ3v) is 6.69. The van der Waals surface area contributed by atoms with E-state index in [1.807, 2.05) is 0 Å². The molecule has 0 aromatic rings. The molecule has 2 bridgehead atoms. The van der Waals surface area contributed by atoms with Crippen LogP contribution in [0.5, 0.6) is 0 Å². The maximum atomic E-state index is 11.2. The first-order valence-corrected chi connectivity index (χ1v) is 8.32. The third-order valence-electron chi connectivity index (χ3n) is 6.69. The van der Waals surface area contributed by atoms with Gasteiger partial charge in [-0.25, -0.2) is 0 Å². The van der Waals surface area contributed by atoms with Crippen LogP contribution in [0.2, 0.25) is 0 Å². The monoisotopic (exact) mass is 296 g/mol. The molecule has 0 aromatic carbocycles. The number of carbonyl (C=O) groups is 1. The van der Waals surface area contributed by atoms with E-state index in [2.05, 4.69) is 20.8 Å². The minimum absolute atomic E-state index is 0.327. The van der Waals surface area contributed by atoms with Crippen molar-refractivity contribution in [2.45, 2.75) is 77.9 Å². The third kappa shape index (κ3) is 2.85. The molecule has 2 aliphatic rings. The van der Waals surface area contributed by atoms with Gasteiger partial charge in [0, 0.05) is 6.61 Å². The highest BCUT2D eigenvalue weighted by molar-refractivity contribution is 5.83. The average Bonchev–Trinajstić information content (AvgIpc) is 2.71. The SMILES string of the molecule is CC(N)(CCCCOC1CC2CCC1(C)C2(C)C)C(N)=O. The molecule has 0 spiro atoms. The summed E-state index contributed by atoms with van der Waals surface area (Å²) in [5.41, 5.74) is 11.0. The largest absolute Gasteiger partial charge is 0.378 e. The zero-order valence-corrected chi connectivity index (χ0v) is 14.1. The van der Waals surface area contributed by atoms with Crippen LogP contribution in [0.1, 0.15) is 66.2 Å². The Labute approximate surface area is 129 Å². The Morgan fingerprint density at radius 2 is 2.00 bits per heavy atom. The summed E-state index contributed by atoms with van der Waals surface area (Å²) in [6, 6.07) is 0. The first-order chi connectivity index (χ1) is 9.61. The fraction of sp³-hybridized carbons (Fsp3) is 0.941. The Morgan fingerprint density at radius 3 is 2.48 bits per heavy atom. The van der Waals surface area contributed by atoms with Crippen molar-refractivity contribution in [3.63, 3.8) is 0 Å². The van der Waals surface area contributed by atoms with E-state index in [9.17, 15) is 4.79 Å². The predicted octanol–water partition coefficient (Wildman–Crippen LogP) is 2.59. The molecule has 0 radical (unpaired) electrons. The summed E-state index contributed by atoms with van der Waals surface area (Å²) in [6.07, 6.45) is 6.70. The minimum Gasteiger partial charge on any atom is -0.378 e. The number of ether oxygens (including phenoxy) is 1. The van der Waals surface area contributed by atoms with Crippen molar-refractivity contribution in [1.82, 2.24) is 0 Å². The number of amides is 1. The lowest BCUT2D eigenvalue weighted by molar-refractivity contribution is -0.122. The highest BCUT2D eigenvalue weighted by atomic mass is 16.5. The summed E-state index contributed by atoms with van der Waals surface area (Å²) >= 11 is 0. The van der Waals surface area contributed by atoms with Crippen LogP contribution in [0.3, 0.4) is 0 Å². The lowest BCUT2D eigenvalue weighted by Gasteiger charge is -2.39. The van der Waals surface area contributed by atoms with Gasteiger partial charge in [0.2, 0.25) is 5.91 Å². The second-order valence-electron chi connectivity index (χ2n) is 8.21. The van der Waals surface area contributed by atoms with Crippen molar-refractivity contribution < 1.29 is 9.53 Å². The maximum Gasteiger partial charge on any atom is 0.237 e. The maximum absolute atomic E-state index is 11.2. The Kier molecular flexibility index (Phi) is 4.42. The van der Waals surface area contributed by atoms with Crippen LogP contribution in [0.25, 0.3) is 0 Å². The molecule has 2 saturated carbocycles. The van der Waals surface area contributed by atoms with E-state index in [1.165, 1.54) is 19.3 Å². The van der Waals surface area contributed by atoms with E-state index in [1.54, 1.807) is 6.92 Å². The number of fused-ring (bicyclic) bond motifs is 2. The number of unbranched alkanes of at least 4 members (excludes halogenated alkanes) is 1. The standard InChI is InChI=1S/C17H32N2O2/c1-15(2)12-7-9-16(15,3)13(11-12)21-10-6-5-8-17(4,19)14(18)20/h12-13H,5-11,19H2,1-4H3,(H2,18,20). The molecule has 21 heavy (non-hydrogen) atoms.